The number of para-hydroxylation sites is 1. The van der Waals surface area contributed by atoms with Crippen LogP contribution in [0.3, 0.4) is 0 Å². The molecule has 3 aromatic carbocycles. The fourth-order valence-electron chi connectivity index (χ4n) is 4.22. The highest BCUT2D eigenvalue weighted by atomic mass is 19.1. The summed E-state index contributed by atoms with van der Waals surface area (Å²) in [4.78, 5) is 18.2. The second-order valence-corrected chi connectivity index (χ2v) is 8.21. The van der Waals surface area contributed by atoms with Crippen LogP contribution >= 0.6 is 0 Å². The number of halogens is 1. The fraction of sp³-hybridized carbons (Fsp3) is 0.148. The number of ether oxygens (including phenoxy) is 2. The molecule has 1 unspecified atom stereocenters. The van der Waals surface area contributed by atoms with Crippen molar-refractivity contribution in [3.8, 4) is 22.9 Å². The van der Waals surface area contributed by atoms with E-state index in [-0.39, 0.29) is 11.7 Å². The summed E-state index contributed by atoms with van der Waals surface area (Å²) < 4.78 is 26.1. The Morgan fingerprint density at radius 2 is 1.72 bits per heavy atom. The van der Waals surface area contributed by atoms with E-state index in [1.54, 1.807) is 37.1 Å². The van der Waals surface area contributed by atoms with Crippen molar-refractivity contribution in [3.63, 3.8) is 0 Å². The Morgan fingerprint density at radius 3 is 2.42 bits per heavy atom. The quantitative estimate of drug-likeness (QED) is 0.398. The second-order valence-electron chi connectivity index (χ2n) is 8.21. The molecule has 36 heavy (non-hydrogen) atoms. The number of aromatic nitrogens is 3. The van der Waals surface area contributed by atoms with E-state index < -0.39 is 6.04 Å². The smallest absolute Gasteiger partial charge is 0.255 e. The van der Waals surface area contributed by atoms with Gasteiger partial charge in [0.25, 0.3) is 5.91 Å². The molecule has 1 aliphatic heterocycles. The van der Waals surface area contributed by atoms with Crippen molar-refractivity contribution in [2.75, 3.05) is 24.9 Å². The number of benzene rings is 3. The van der Waals surface area contributed by atoms with Crippen LogP contribution in [0.5, 0.6) is 11.5 Å². The summed E-state index contributed by atoms with van der Waals surface area (Å²) in [5, 5.41) is 10.9. The van der Waals surface area contributed by atoms with E-state index >= 15 is 0 Å². The highest BCUT2D eigenvalue weighted by molar-refractivity contribution is 6.06. The van der Waals surface area contributed by atoms with Gasteiger partial charge in [-0.25, -0.2) is 9.07 Å². The van der Waals surface area contributed by atoms with Crippen LogP contribution in [0, 0.1) is 5.82 Å². The van der Waals surface area contributed by atoms with Crippen molar-refractivity contribution in [2.45, 2.75) is 13.0 Å². The molecule has 4 aromatic rings. The zero-order valence-corrected chi connectivity index (χ0v) is 19.9. The van der Waals surface area contributed by atoms with Gasteiger partial charge in [-0.1, -0.05) is 24.3 Å². The summed E-state index contributed by atoms with van der Waals surface area (Å²) >= 11 is 0. The molecule has 1 atom stereocenters. The number of amides is 1. The Hall–Kier alpha value is -4.66. The number of nitrogens with one attached hydrogen (secondary N) is 2. The average Bonchev–Trinajstić information content (AvgIpc) is 3.31. The van der Waals surface area contributed by atoms with E-state index in [4.69, 9.17) is 14.6 Å². The predicted octanol–water partition coefficient (Wildman–Crippen LogP) is 5.03. The predicted molar refractivity (Wildman–Crippen MR) is 134 cm³/mol. The zero-order chi connectivity index (χ0) is 25.2. The number of hydrogen-bond acceptors (Lipinski definition) is 6. The highest BCUT2D eigenvalue weighted by Gasteiger charge is 2.35. The summed E-state index contributed by atoms with van der Waals surface area (Å²) in [5.41, 5.74) is 3.18. The van der Waals surface area contributed by atoms with Crippen molar-refractivity contribution in [3.05, 3.63) is 95.4 Å². The molecule has 8 nitrogen and oxygen atoms in total. The summed E-state index contributed by atoms with van der Waals surface area (Å²) in [5.74, 6) is 1.33. The maximum atomic E-state index is 13.6. The minimum Gasteiger partial charge on any atom is -0.493 e. The normalized spacial score (nSPS) is 14.6. The molecule has 5 rings (SSSR count). The summed E-state index contributed by atoms with van der Waals surface area (Å²) in [7, 11) is 3.12. The standard InChI is InChI=1S/C27H24FN5O3/c1-16-23(26(34)30-20-7-5-4-6-8-20)24(18-11-14-21(35-2)22(15-18)36-3)33-27(29-16)31-25(32-33)17-9-12-19(28)13-10-17/h4-15,24H,1-3H3,(H,30,34)(H,29,31,32). The number of rotatable bonds is 6. The first-order valence-electron chi connectivity index (χ1n) is 11.3. The van der Waals surface area contributed by atoms with Gasteiger partial charge < -0.3 is 20.1 Å². The number of methoxy groups -OCH3 is 2. The number of nitrogens with zero attached hydrogens (tertiary/aromatic N) is 3. The number of carbonyl (C=O) groups excluding carboxylic acids is 1. The van der Waals surface area contributed by atoms with Gasteiger partial charge in [-0.2, -0.15) is 4.98 Å². The van der Waals surface area contributed by atoms with Crippen LogP contribution in [0.15, 0.2) is 84.1 Å². The van der Waals surface area contributed by atoms with E-state index in [9.17, 15) is 9.18 Å². The van der Waals surface area contributed by atoms with E-state index in [1.807, 2.05) is 49.4 Å². The first kappa shape index (κ1) is 23.1. The molecule has 1 amide bonds. The molecule has 0 spiro atoms. The third kappa shape index (κ3) is 4.26. The van der Waals surface area contributed by atoms with Gasteiger partial charge in [-0.15, -0.1) is 5.10 Å². The van der Waals surface area contributed by atoms with Crippen LogP contribution in [0.1, 0.15) is 18.5 Å². The third-order valence-corrected chi connectivity index (χ3v) is 5.95. The maximum Gasteiger partial charge on any atom is 0.255 e. The van der Waals surface area contributed by atoms with Crippen molar-refractivity contribution >= 4 is 17.5 Å². The topological polar surface area (TPSA) is 90.3 Å². The Balaban J connectivity index is 1.63. The Kier molecular flexibility index (Phi) is 6.12. The molecular formula is C27H24FN5O3. The van der Waals surface area contributed by atoms with Gasteiger partial charge in [-0.3, -0.25) is 4.79 Å². The van der Waals surface area contributed by atoms with Gasteiger partial charge in [-0.05, 0) is 61.0 Å². The molecule has 0 aliphatic carbocycles. The van der Waals surface area contributed by atoms with Gasteiger partial charge >= 0.3 is 0 Å². The van der Waals surface area contributed by atoms with Crippen LogP contribution in [-0.2, 0) is 4.79 Å². The van der Waals surface area contributed by atoms with Gasteiger partial charge in [0, 0.05) is 16.9 Å². The zero-order valence-electron chi connectivity index (χ0n) is 19.9. The summed E-state index contributed by atoms with van der Waals surface area (Å²) in [6.45, 7) is 1.82. The Morgan fingerprint density at radius 1 is 1.00 bits per heavy atom. The number of allylic oxidation sites excluding steroid dienone is 1. The van der Waals surface area contributed by atoms with Gasteiger partial charge in [0.1, 0.15) is 11.9 Å². The average molecular weight is 486 g/mol. The molecular weight excluding hydrogens is 461 g/mol. The van der Waals surface area contributed by atoms with Crippen LogP contribution in [0.4, 0.5) is 16.0 Å². The molecule has 0 saturated carbocycles. The lowest BCUT2D eigenvalue weighted by molar-refractivity contribution is -0.113. The number of fused-ring (bicyclic) bond motifs is 1. The van der Waals surface area contributed by atoms with Crippen LogP contribution in [0.25, 0.3) is 11.4 Å². The van der Waals surface area contributed by atoms with Crippen LogP contribution in [-0.4, -0.2) is 34.9 Å². The molecule has 0 radical (unpaired) electrons. The molecule has 2 N–H and O–H groups in total. The van der Waals surface area contributed by atoms with E-state index in [2.05, 4.69) is 15.6 Å². The summed E-state index contributed by atoms with van der Waals surface area (Å²) in [6, 6.07) is 20.0. The van der Waals surface area contributed by atoms with Crippen molar-refractivity contribution in [1.29, 1.82) is 0 Å². The molecule has 182 valence electrons. The summed E-state index contributed by atoms with van der Waals surface area (Å²) in [6.07, 6.45) is 0. The molecule has 0 fully saturated rings. The Labute approximate surface area is 207 Å². The monoisotopic (exact) mass is 485 g/mol. The van der Waals surface area contributed by atoms with E-state index in [0.29, 0.717) is 45.8 Å². The van der Waals surface area contributed by atoms with Gasteiger partial charge in [0.15, 0.2) is 17.3 Å². The molecule has 2 heterocycles. The van der Waals surface area contributed by atoms with Gasteiger partial charge in [0.05, 0.1) is 19.8 Å². The lowest BCUT2D eigenvalue weighted by atomic mass is 9.94. The molecule has 0 bridgehead atoms. The minimum atomic E-state index is -0.619. The molecule has 1 aromatic heterocycles. The van der Waals surface area contributed by atoms with Crippen LogP contribution < -0.4 is 20.1 Å². The Bertz CT molecular complexity index is 1450. The van der Waals surface area contributed by atoms with E-state index in [0.717, 1.165) is 5.56 Å². The SMILES string of the molecule is COc1ccc(C2C(C(=O)Nc3ccccc3)=C(C)Nc3nc(-c4ccc(F)cc4)nn32)cc1OC. The molecule has 9 heteroatoms. The number of hydrogen-bond donors (Lipinski definition) is 2. The van der Waals surface area contributed by atoms with E-state index in [1.165, 1.54) is 12.1 Å². The first-order valence-corrected chi connectivity index (χ1v) is 11.3. The number of anilines is 2. The number of carbonyl (C=O) groups is 1. The van der Waals surface area contributed by atoms with Crippen LogP contribution in [0.2, 0.25) is 0 Å². The minimum absolute atomic E-state index is 0.282. The second kappa shape index (κ2) is 9.53. The van der Waals surface area contributed by atoms with Crippen molar-refractivity contribution < 1.29 is 18.7 Å². The van der Waals surface area contributed by atoms with Crippen molar-refractivity contribution in [2.24, 2.45) is 0 Å². The lowest BCUT2D eigenvalue weighted by Gasteiger charge is -2.29. The van der Waals surface area contributed by atoms with Gasteiger partial charge in [0.2, 0.25) is 5.95 Å². The molecule has 1 aliphatic rings. The third-order valence-electron chi connectivity index (χ3n) is 5.95. The lowest BCUT2D eigenvalue weighted by Crippen LogP contribution is -2.31. The maximum absolute atomic E-state index is 13.6. The highest BCUT2D eigenvalue weighted by Crippen LogP contribution is 2.39. The van der Waals surface area contributed by atoms with Crippen molar-refractivity contribution in [1.82, 2.24) is 14.8 Å². The first-order chi connectivity index (χ1) is 17.5. The fourth-order valence-corrected chi connectivity index (χ4v) is 4.22. The largest absolute Gasteiger partial charge is 0.493 e. The molecule has 0 saturated heterocycles.